The Balaban J connectivity index is 1.98. The molecular formula is C21H24Cl3N3O. The second-order valence-corrected chi connectivity index (χ2v) is 8.21. The van der Waals surface area contributed by atoms with E-state index in [-0.39, 0.29) is 12.3 Å². The quantitative estimate of drug-likeness (QED) is 0.608. The summed E-state index contributed by atoms with van der Waals surface area (Å²) in [6.45, 7) is 6.17. The first-order valence-corrected chi connectivity index (χ1v) is 10.6. The van der Waals surface area contributed by atoms with Crippen LogP contribution < -0.4 is 5.32 Å². The third-order valence-corrected chi connectivity index (χ3v) is 5.51. The molecule has 1 amide bonds. The molecule has 1 N–H and O–H groups in total. The maximum atomic E-state index is 13.1. The van der Waals surface area contributed by atoms with E-state index in [1.54, 1.807) is 6.08 Å². The molecule has 4 nitrogen and oxygen atoms in total. The Bertz CT molecular complexity index is 837. The zero-order chi connectivity index (χ0) is 20.3. The molecule has 2 aliphatic heterocycles. The number of allylic oxidation sites excluding steroid dienone is 2. The third kappa shape index (κ3) is 4.51. The van der Waals surface area contributed by atoms with Crippen LogP contribution in [-0.4, -0.2) is 35.3 Å². The fraction of sp³-hybridized carbons (Fsp3) is 0.381. The second kappa shape index (κ2) is 9.25. The van der Waals surface area contributed by atoms with Crippen LogP contribution in [0.2, 0.25) is 5.02 Å². The van der Waals surface area contributed by atoms with Gasteiger partial charge in [0.25, 0.3) is 0 Å². The molecule has 28 heavy (non-hydrogen) atoms. The number of carbonyl (C=O) groups is 1. The van der Waals surface area contributed by atoms with Gasteiger partial charge in [0.1, 0.15) is 5.82 Å². The molecule has 0 aliphatic carbocycles. The predicted octanol–water partition coefficient (Wildman–Crippen LogP) is 5.50. The predicted molar refractivity (Wildman–Crippen MR) is 117 cm³/mol. The Morgan fingerprint density at radius 2 is 1.75 bits per heavy atom. The van der Waals surface area contributed by atoms with Gasteiger partial charge in [-0.3, -0.25) is 4.79 Å². The normalized spacial score (nSPS) is 16.2. The maximum Gasteiger partial charge on any atom is 0.228 e. The van der Waals surface area contributed by atoms with Crippen LogP contribution in [0.4, 0.5) is 0 Å². The first kappa shape index (κ1) is 21.1. The van der Waals surface area contributed by atoms with Crippen molar-refractivity contribution in [1.82, 2.24) is 15.1 Å². The molecule has 0 saturated heterocycles. The average molecular weight is 441 g/mol. The van der Waals surface area contributed by atoms with E-state index in [1.807, 2.05) is 34.1 Å². The highest BCUT2D eigenvalue weighted by molar-refractivity contribution is 6.35. The van der Waals surface area contributed by atoms with Crippen LogP contribution >= 0.6 is 34.8 Å². The minimum Gasteiger partial charge on any atom is -0.342 e. The molecule has 0 aromatic heterocycles. The summed E-state index contributed by atoms with van der Waals surface area (Å²) in [6, 6.07) is 7.55. The van der Waals surface area contributed by atoms with Crippen molar-refractivity contribution in [2.75, 3.05) is 19.6 Å². The highest BCUT2D eigenvalue weighted by atomic mass is 35.5. The zero-order valence-corrected chi connectivity index (χ0v) is 18.3. The lowest BCUT2D eigenvalue weighted by Gasteiger charge is -2.28. The van der Waals surface area contributed by atoms with Crippen LogP contribution in [0.15, 0.2) is 51.9 Å². The minimum absolute atomic E-state index is 0.106. The minimum atomic E-state index is 0.106. The van der Waals surface area contributed by atoms with Gasteiger partial charge in [-0.15, -0.1) is 0 Å². The summed E-state index contributed by atoms with van der Waals surface area (Å²) in [5, 5.41) is 5.22. The summed E-state index contributed by atoms with van der Waals surface area (Å²) < 4.78 is 0. The van der Waals surface area contributed by atoms with Gasteiger partial charge in [-0.25, -0.2) is 0 Å². The van der Waals surface area contributed by atoms with E-state index in [1.165, 1.54) is 0 Å². The summed E-state index contributed by atoms with van der Waals surface area (Å²) in [5.41, 5.74) is 2.70. The van der Waals surface area contributed by atoms with Crippen molar-refractivity contribution in [2.24, 2.45) is 0 Å². The third-order valence-electron chi connectivity index (χ3n) is 4.74. The van der Waals surface area contributed by atoms with Crippen molar-refractivity contribution < 1.29 is 4.79 Å². The van der Waals surface area contributed by atoms with Crippen molar-refractivity contribution >= 4 is 46.4 Å². The van der Waals surface area contributed by atoms with Gasteiger partial charge in [0.05, 0.1) is 29.4 Å². The molecule has 2 aliphatic rings. The van der Waals surface area contributed by atoms with Crippen LogP contribution in [0.25, 0.3) is 5.70 Å². The van der Waals surface area contributed by atoms with Gasteiger partial charge in [0.2, 0.25) is 5.91 Å². The Hall–Kier alpha value is -1.62. The molecule has 0 saturated carbocycles. The fourth-order valence-electron chi connectivity index (χ4n) is 3.49. The van der Waals surface area contributed by atoms with E-state index >= 15 is 0 Å². The summed E-state index contributed by atoms with van der Waals surface area (Å²) in [4.78, 5) is 17.0. The van der Waals surface area contributed by atoms with Crippen molar-refractivity contribution in [2.45, 2.75) is 33.1 Å². The summed E-state index contributed by atoms with van der Waals surface area (Å²) in [7, 11) is 0. The average Bonchev–Trinajstić information content (AvgIpc) is 3.01. The van der Waals surface area contributed by atoms with E-state index in [9.17, 15) is 4.79 Å². The Morgan fingerprint density at radius 3 is 2.36 bits per heavy atom. The summed E-state index contributed by atoms with van der Waals surface area (Å²) in [6.07, 6.45) is 3.89. The molecular weight excluding hydrogens is 417 g/mol. The van der Waals surface area contributed by atoms with Crippen molar-refractivity contribution in [3.05, 3.63) is 62.5 Å². The zero-order valence-electron chi connectivity index (χ0n) is 16.1. The monoisotopic (exact) mass is 439 g/mol. The largest absolute Gasteiger partial charge is 0.342 e. The molecule has 1 aromatic carbocycles. The number of amides is 1. The van der Waals surface area contributed by atoms with Gasteiger partial charge >= 0.3 is 0 Å². The summed E-state index contributed by atoms with van der Waals surface area (Å²) in [5.74, 6) is 0.867. The van der Waals surface area contributed by atoms with Crippen LogP contribution in [0.5, 0.6) is 0 Å². The van der Waals surface area contributed by atoms with Gasteiger partial charge < -0.3 is 15.1 Å². The highest BCUT2D eigenvalue weighted by Crippen LogP contribution is 2.38. The number of carbonyl (C=O) groups excluding carboxylic acids is 1. The molecule has 7 heteroatoms. The number of nitrogens with one attached hydrogen (secondary N) is 1. The Morgan fingerprint density at radius 1 is 1.11 bits per heavy atom. The van der Waals surface area contributed by atoms with Gasteiger partial charge in [-0.1, -0.05) is 60.8 Å². The van der Waals surface area contributed by atoms with E-state index in [0.29, 0.717) is 21.6 Å². The SMILES string of the molecule is CCCN(CCC)C(=O)CC1=C(c2ccc(Cl)cc2)NC2=C(Cl)C=C(Cl)CN12. The molecule has 0 atom stereocenters. The van der Waals surface area contributed by atoms with Crippen LogP contribution in [0.1, 0.15) is 38.7 Å². The number of benzene rings is 1. The van der Waals surface area contributed by atoms with Gasteiger partial charge in [0, 0.05) is 23.1 Å². The van der Waals surface area contributed by atoms with Gasteiger partial charge in [-0.2, -0.15) is 0 Å². The van der Waals surface area contributed by atoms with E-state index in [0.717, 1.165) is 48.7 Å². The smallest absolute Gasteiger partial charge is 0.228 e. The van der Waals surface area contributed by atoms with Crippen molar-refractivity contribution in [1.29, 1.82) is 0 Å². The van der Waals surface area contributed by atoms with E-state index < -0.39 is 0 Å². The molecule has 0 fully saturated rings. The molecule has 1 aromatic rings. The van der Waals surface area contributed by atoms with Crippen molar-refractivity contribution in [3.8, 4) is 0 Å². The Labute approximate surface area is 181 Å². The Kier molecular flexibility index (Phi) is 6.97. The lowest BCUT2D eigenvalue weighted by Crippen LogP contribution is -2.34. The fourth-order valence-corrected chi connectivity index (χ4v) is 4.18. The van der Waals surface area contributed by atoms with E-state index in [2.05, 4.69) is 19.2 Å². The van der Waals surface area contributed by atoms with Crippen LogP contribution in [0, 0.1) is 0 Å². The van der Waals surface area contributed by atoms with E-state index in [4.69, 9.17) is 34.8 Å². The van der Waals surface area contributed by atoms with Crippen LogP contribution in [-0.2, 0) is 4.79 Å². The number of nitrogens with zero attached hydrogens (tertiary/aromatic N) is 2. The lowest BCUT2D eigenvalue weighted by molar-refractivity contribution is -0.130. The standard InChI is InChI=1S/C21H24Cl3N3O/c1-3-9-26(10-4-2)19(28)12-18-20(14-5-7-15(22)8-6-14)25-21-17(24)11-16(23)13-27(18)21/h5-8,11,25H,3-4,9-10,12-13H2,1-2H3. The topological polar surface area (TPSA) is 35.6 Å². The summed E-state index contributed by atoms with van der Waals surface area (Å²) >= 11 is 18.8. The number of hydrogen-bond donors (Lipinski definition) is 1. The van der Waals surface area contributed by atoms with Crippen molar-refractivity contribution in [3.63, 3.8) is 0 Å². The first-order chi connectivity index (χ1) is 13.4. The molecule has 150 valence electrons. The molecule has 3 rings (SSSR count). The first-order valence-electron chi connectivity index (χ1n) is 9.51. The second-order valence-electron chi connectivity index (χ2n) is 6.89. The van der Waals surface area contributed by atoms with Gasteiger partial charge in [0.15, 0.2) is 0 Å². The maximum absolute atomic E-state index is 13.1. The molecule has 0 bridgehead atoms. The molecule has 0 radical (unpaired) electrons. The molecule has 2 heterocycles. The molecule has 0 spiro atoms. The number of hydrogen-bond acceptors (Lipinski definition) is 3. The highest BCUT2D eigenvalue weighted by Gasteiger charge is 2.33. The number of fused-ring (bicyclic) bond motifs is 1. The van der Waals surface area contributed by atoms with Crippen LogP contribution in [0.3, 0.4) is 0 Å². The number of halogens is 3. The molecule has 0 unspecified atom stereocenters. The lowest BCUT2D eigenvalue weighted by atomic mass is 10.1. The van der Waals surface area contributed by atoms with Gasteiger partial charge in [-0.05, 0) is 36.6 Å². The number of rotatable bonds is 7.